The number of nitrogens with zero attached hydrogens (tertiary/aromatic N) is 1. The van der Waals surface area contributed by atoms with Gasteiger partial charge >= 0.3 is 0 Å². The Morgan fingerprint density at radius 2 is 1.78 bits per heavy atom. The van der Waals surface area contributed by atoms with E-state index in [0.717, 1.165) is 3.57 Å². The van der Waals surface area contributed by atoms with E-state index in [1.807, 2.05) is 12.1 Å². The second-order valence-electron chi connectivity index (χ2n) is 5.34. The first-order chi connectivity index (χ1) is 10.9. The van der Waals surface area contributed by atoms with Crippen molar-refractivity contribution in [1.29, 1.82) is 0 Å². The van der Waals surface area contributed by atoms with Crippen molar-refractivity contribution in [3.05, 3.63) is 62.7 Å². The molecule has 7 heteroatoms. The van der Waals surface area contributed by atoms with Crippen LogP contribution in [0.15, 0.2) is 53.4 Å². The molecule has 0 atom stereocenters. The van der Waals surface area contributed by atoms with Gasteiger partial charge in [-0.3, -0.25) is 4.79 Å². The molecule has 1 aliphatic heterocycles. The van der Waals surface area contributed by atoms with Gasteiger partial charge in [-0.2, -0.15) is 0 Å². The van der Waals surface area contributed by atoms with Gasteiger partial charge in [0.05, 0.1) is 4.90 Å². The van der Waals surface area contributed by atoms with Gasteiger partial charge in [-0.1, -0.05) is 17.7 Å². The maximum atomic E-state index is 12.5. The lowest BCUT2D eigenvalue weighted by molar-refractivity contribution is 0.0659. The Bertz CT molecular complexity index is 846. The normalized spacial score (nSPS) is 15.3. The first-order valence-electron chi connectivity index (χ1n) is 6.92. The summed E-state index contributed by atoms with van der Waals surface area (Å²) >= 11 is 7.93. The number of benzene rings is 2. The fourth-order valence-corrected chi connectivity index (χ4v) is 4.74. The molecule has 1 heterocycles. The number of carbonyl (C=O) groups is 1. The van der Waals surface area contributed by atoms with Crippen LogP contribution in [0.4, 0.5) is 0 Å². The van der Waals surface area contributed by atoms with Crippen molar-refractivity contribution >= 4 is 49.9 Å². The number of rotatable bonds is 3. The molecule has 0 unspecified atom stereocenters. The summed E-state index contributed by atoms with van der Waals surface area (Å²) in [5.74, 6) is -0.133. The molecular formula is C16H13ClINO3S. The van der Waals surface area contributed by atoms with E-state index < -0.39 is 15.1 Å². The van der Waals surface area contributed by atoms with Crippen molar-refractivity contribution in [2.45, 2.75) is 10.1 Å². The first-order valence-corrected chi connectivity index (χ1v) is 9.92. The van der Waals surface area contributed by atoms with Gasteiger partial charge in [-0.25, -0.2) is 8.42 Å². The summed E-state index contributed by atoms with van der Waals surface area (Å²) in [7, 11) is -3.43. The number of sulfone groups is 1. The molecule has 1 fully saturated rings. The van der Waals surface area contributed by atoms with Crippen LogP contribution in [0.3, 0.4) is 0 Å². The highest BCUT2D eigenvalue weighted by Crippen LogP contribution is 2.26. The molecule has 2 aromatic carbocycles. The molecule has 120 valence electrons. The van der Waals surface area contributed by atoms with Crippen molar-refractivity contribution in [2.75, 3.05) is 13.1 Å². The summed E-state index contributed by atoms with van der Waals surface area (Å²) in [5.41, 5.74) is 0.583. The first kappa shape index (κ1) is 16.7. The lowest BCUT2D eigenvalue weighted by atomic mass is 10.1. The molecule has 2 aromatic rings. The zero-order chi connectivity index (χ0) is 16.6. The molecule has 3 rings (SSSR count). The Hall–Kier alpha value is -1.12. The summed E-state index contributed by atoms with van der Waals surface area (Å²) in [4.78, 5) is 14.1. The molecule has 1 aliphatic rings. The van der Waals surface area contributed by atoms with Gasteiger partial charge in [0, 0.05) is 27.2 Å². The van der Waals surface area contributed by atoms with Gasteiger partial charge in [0.2, 0.25) is 0 Å². The van der Waals surface area contributed by atoms with Crippen molar-refractivity contribution in [2.24, 2.45) is 0 Å². The number of hydrogen-bond acceptors (Lipinski definition) is 3. The maximum Gasteiger partial charge on any atom is 0.253 e. The lowest BCUT2D eigenvalue weighted by Crippen LogP contribution is -2.56. The number of likely N-dealkylation sites (tertiary alicyclic amines) is 1. The van der Waals surface area contributed by atoms with E-state index in [4.69, 9.17) is 11.6 Å². The standard InChI is InChI=1S/C16H13ClINO3S/c17-12-4-6-14(7-5-12)23(21,22)15-9-19(10-15)16(20)11-2-1-3-13(18)8-11/h1-8,15H,9-10H2. The van der Waals surface area contributed by atoms with Gasteiger partial charge in [-0.05, 0) is 65.1 Å². The summed E-state index contributed by atoms with van der Waals surface area (Å²) in [6, 6.07) is 13.4. The summed E-state index contributed by atoms with van der Waals surface area (Å²) in [5, 5.41) is -0.0662. The molecular weight excluding hydrogens is 449 g/mol. The molecule has 1 amide bonds. The van der Waals surface area contributed by atoms with Gasteiger partial charge in [0.15, 0.2) is 9.84 Å². The highest BCUT2D eigenvalue weighted by Gasteiger charge is 2.40. The lowest BCUT2D eigenvalue weighted by Gasteiger charge is -2.38. The summed E-state index contributed by atoms with van der Waals surface area (Å²) < 4.78 is 26.0. The predicted molar refractivity (Wildman–Crippen MR) is 97.5 cm³/mol. The Kier molecular flexibility index (Phi) is 4.66. The van der Waals surface area contributed by atoms with E-state index in [-0.39, 0.29) is 23.9 Å². The largest absolute Gasteiger partial charge is 0.336 e. The van der Waals surface area contributed by atoms with Crippen LogP contribution in [0.25, 0.3) is 0 Å². The van der Waals surface area contributed by atoms with Crippen LogP contribution in [-0.4, -0.2) is 37.6 Å². The van der Waals surface area contributed by atoms with Crippen LogP contribution in [0, 0.1) is 3.57 Å². The average molecular weight is 462 g/mol. The van der Waals surface area contributed by atoms with Crippen LogP contribution in [0.2, 0.25) is 5.02 Å². The van der Waals surface area contributed by atoms with Gasteiger partial charge in [0.1, 0.15) is 5.25 Å². The molecule has 0 N–H and O–H groups in total. The molecule has 0 aliphatic carbocycles. The minimum Gasteiger partial charge on any atom is -0.336 e. The van der Waals surface area contributed by atoms with E-state index in [1.54, 1.807) is 29.2 Å². The van der Waals surface area contributed by atoms with Crippen LogP contribution in [0.5, 0.6) is 0 Å². The Balaban J connectivity index is 1.71. The zero-order valence-electron chi connectivity index (χ0n) is 11.9. The van der Waals surface area contributed by atoms with Crippen molar-refractivity contribution in [3.63, 3.8) is 0 Å². The molecule has 4 nitrogen and oxygen atoms in total. The minimum atomic E-state index is -3.43. The zero-order valence-corrected chi connectivity index (χ0v) is 15.7. The van der Waals surface area contributed by atoms with E-state index in [0.29, 0.717) is 10.6 Å². The summed E-state index contributed by atoms with van der Waals surface area (Å²) in [6.07, 6.45) is 0. The molecule has 0 bridgehead atoms. The van der Waals surface area contributed by atoms with Gasteiger partial charge in [0.25, 0.3) is 5.91 Å². The van der Waals surface area contributed by atoms with E-state index >= 15 is 0 Å². The van der Waals surface area contributed by atoms with Crippen LogP contribution < -0.4 is 0 Å². The Morgan fingerprint density at radius 1 is 1.13 bits per heavy atom. The fourth-order valence-electron chi connectivity index (χ4n) is 2.42. The number of amides is 1. The second kappa shape index (κ2) is 6.41. The number of hydrogen-bond donors (Lipinski definition) is 0. The third-order valence-corrected chi connectivity index (χ3v) is 6.82. The quantitative estimate of drug-likeness (QED) is 0.660. The highest BCUT2D eigenvalue weighted by molar-refractivity contribution is 14.1. The van der Waals surface area contributed by atoms with Crippen LogP contribution in [0.1, 0.15) is 10.4 Å². The molecule has 0 aromatic heterocycles. The van der Waals surface area contributed by atoms with E-state index in [1.165, 1.54) is 12.1 Å². The second-order valence-corrected chi connectivity index (χ2v) is 9.25. The topological polar surface area (TPSA) is 54.5 Å². The monoisotopic (exact) mass is 461 g/mol. The molecule has 0 saturated carbocycles. The van der Waals surface area contributed by atoms with Gasteiger partial charge < -0.3 is 4.90 Å². The third-order valence-electron chi connectivity index (χ3n) is 3.79. The Labute approximate surface area is 153 Å². The van der Waals surface area contributed by atoms with Crippen molar-refractivity contribution < 1.29 is 13.2 Å². The number of halogens is 2. The predicted octanol–water partition coefficient (Wildman–Crippen LogP) is 3.24. The summed E-state index contributed by atoms with van der Waals surface area (Å²) in [6.45, 7) is 0.435. The molecule has 0 spiro atoms. The smallest absolute Gasteiger partial charge is 0.253 e. The van der Waals surface area contributed by atoms with Crippen LogP contribution in [-0.2, 0) is 9.84 Å². The third kappa shape index (κ3) is 3.39. The Morgan fingerprint density at radius 3 is 2.39 bits per heavy atom. The minimum absolute atomic E-state index is 0.133. The maximum absolute atomic E-state index is 12.5. The average Bonchev–Trinajstić information content (AvgIpc) is 2.45. The van der Waals surface area contributed by atoms with Crippen molar-refractivity contribution in [3.8, 4) is 0 Å². The molecule has 23 heavy (non-hydrogen) atoms. The highest BCUT2D eigenvalue weighted by atomic mass is 127. The molecule has 1 saturated heterocycles. The van der Waals surface area contributed by atoms with Gasteiger partial charge in [-0.15, -0.1) is 0 Å². The number of carbonyl (C=O) groups excluding carboxylic acids is 1. The van der Waals surface area contributed by atoms with E-state index in [9.17, 15) is 13.2 Å². The fraction of sp³-hybridized carbons (Fsp3) is 0.188. The SMILES string of the molecule is O=C(c1cccc(I)c1)N1CC(S(=O)(=O)c2ccc(Cl)cc2)C1. The van der Waals surface area contributed by atoms with Crippen molar-refractivity contribution in [1.82, 2.24) is 4.90 Å². The van der Waals surface area contributed by atoms with Crippen LogP contribution >= 0.6 is 34.2 Å². The van der Waals surface area contributed by atoms with E-state index in [2.05, 4.69) is 22.6 Å². The molecule has 0 radical (unpaired) electrons.